The van der Waals surface area contributed by atoms with Gasteiger partial charge < -0.3 is 10.2 Å². The molecule has 1 aromatic heterocycles. The highest BCUT2D eigenvalue weighted by Gasteiger charge is 2.51. The Hall–Kier alpha value is -2.38. The number of aromatic nitrogens is 2. The fraction of sp³-hybridized carbons (Fsp3) is 0.571. The molecule has 0 aromatic carbocycles. The van der Waals surface area contributed by atoms with Gasteiger partial charge in [0.25, 0.3) is 0 Å². The molecule has 22 heavy (non-hydrogen) atoms. The Kier molecular flexibility index (Phi) is 3.38. The summed E-state index contributed by atoms with van der Waals surface area (Å²) in [6.45, 7) is 2.92. The van der Waals surface area contributed by atoms with Crippen molar-refractivity contribution < 1.29 is 14.4 Å². The van der Waals surface area contributed by atoms with E-state index in [-0.39, 0.29) is 29.7 Å². The zero-order valence-electron chi connectivity index (χ0n) is 12.9. The van der Waals surface area contributed by atoms with Crippen molar-refractivity contribution >= 4 is 17.8 Å². The van der Waals surface area contributed by atoms with Crippen LogP contribution in [-0.4, -0.2) is 57.6 Å². The van der Waals surface area contributed by atoms with Gasteiger partial charge in [0.15, 0.2) is 0 Å². The lowest BCUT2D eigenvalue weighted by Gasteiger charge is -2.19. The summed E-state index contributed by atoms with van der Waals surface area (Å²) in [5.41, 5.74) is 1.94. The number of hydrogen-bond acceptors (Lipinski definition) is 4. The number of nitrogens with one attached hydrogen (secondary N) is 1. The second-order valence-corrected chi connectivity index (χ2v) is 5.89. The lowest BCUT2D eigenvalue weighted by Crippen LogP contribution is -2.41. The van der Waals surface area contributed by atoms with E-state index in [0.29, 0.717) is 19.6 Å². The van der Waals surface area contributed by atoms with E-state index in [0.717, 1.165) is 11.3 Å². The van der Waals surface area contributed by atoms with E-state index in [1.54, 1.807) is 15.8 Å². The van der Waals surface area contributed by atoms with Gasteiger partial charge in [-0.25, -0.2) is 4.79 Å². The molecule has 2 fully saturated rings. The Bertz CT molecular complexity index is 629. The number of hydrogen-bond donors (Lipinski definition) is 1. The van der Waals surface area contributed by atoms with Crippen molar-refractivity contribution in [2.75, 3.05) is 20.1 Å². The zero-order valence-corrected chi connectivity index (χ0v) is 12.9. The minimum Gasteiger partial charge on any atom is -0.334 e. The summed E-state index contributed by atoms with van der Waals surface area (Å²) in [6, 6.07) is -0.249. The van der Waals surface area contributed by atoms with Crippen molar-refractivity contribution in [2.24, 2.45) is 18.9 Å². The summed E-state index contributed by atoms with van der Waals surface area (Å²) >= 11 is 0. The minimum absolute atomic E-state index is 0.187. The second-order valence-electron chi connectivity index (χ2n) is 5.89. The number of nitrogens with zero attached hydrogens (tertiary/aromatic N) is 4. The molecule has 0 radical (unpaired) electrons. The molecule has 0 bridgehead atoms. The maximum Gasteiger partial charge on any atom is 0.317 e. The maximum atomic E-state index is 12.2. The van der Waals surface area contributed by atoms with E-state index >= 15 is 0 Å². The summed E-state index contributed by atoms with van der Waals surface area (Å²) in [7, 11) is 3.34. The van der Waals surface area contributed by atoms with Crippen LogP contribution < -0.4 is 5.32 Å². The van der Waals surface area contributed by atoms with Gasteiger partial charge in [0, 0.05) is 45.0 Å². The quantitative estimate of drug-likeness (QED) is 0.745. The Balaban J connectivity index is 1.60. The largest absolute Gasteiger partial charge is 0.334 e. The van der Waals surface area contributed by atoms with E-state index < -0.39 is 0 Å². The topological polar surface area (TPSA) is 87.5 Å². The number of urea groups is 1. The summed E-state index contributed by atoms with van der Waals surface area (Å²) in [6.07, 6.45) is 1.72. The Morgan fingerprint density at radius 3 is 2.36 bits per heavy atom. The molecule has 2 aliphatic rings. The van der Waals surface area contributed by atoms with Crippen LogP contribution in [0.1, 0.15) is 11.3 Å². The Morgan fingerprint density at radius 2 is 1.86 bits per heavy atom. The first kappa shape index (κ1) is 14.6. The number of aryl methyl sites for hydroxylation is 1. The molecular weight excluding hydrogens is 286 g/mol. The maximum absolute atomic E-state index is 12.2. The third kappa shape index (κ3) is 2.15. The van der Waals surface area contributed by atoms with Gasteiger partial charge in [-0.15, -0.1) is 0 Å². The van der Waals surface area contributed by atoms with E-state index in [1.807, 2.05) is 14.0 Å². The molecule has 3 heterocycles. The molecule has 0 aliphatic carbocycles. The molecule has 8 nitrogen and oxygen atoms in total. The molecule has 118 valence electrons. The lowest BCUT2D eigenvalue weighted by molar-refractivity contribution is -0.138. The van der Waals surface area contributed by atoms with E-state index in [1.165, 1.54) is 11.9 Å². The third-order valence-corrected chi connectivity index (χ3v) is 4.67. The summed E-state index contributed by atoms with van der Waals surface area (Å²) in [5.74, 6) is -1.14. The van der Waals surface area contributed by atoms with Gasteiger partial charge in [-0.05, 0) is 6.92 Å². The Morgan fingerprint density at radius 1 is 1.27 bits per heavy atom. The molecule has 0 unspecified atom stereocenters. The van der Waals surface area contributed by atoms with Gasteiger partial charge in [0.1, 0.15) is 0 Å². The van der Waals surface area contributed by atoms with Gasteiger partial charge in [-0.1, -0.05) is 0 Å². The zero-order chi connectivity index (χ0) is 16.0. The second kappa shape index (κ2) is 5.11. The molecule has 8 heteroatoms. The van der Waals surface area contributed by atoms with Crippen molar-refractivity contribution in [3.63, 3.8) is 0 Å². The van der Waals surface area contributed by atoms with E-state index in [4.69, 9.17) is 0 Å². The van der Waals surface area contributed by atoms with Crippen LogP contribution in [0.3, 0.4) is 0 Å². The van der Waals surface area contributed by atoms with Gasteiger partial charge in [-0.3, -0.25) is 19.2 Å². The summed E-state index contributed by atoms with van der Waals surface area (Å²) < 4.78 is 1.74. The molecule has 0 spiro atoms. The first-order valence-corrected chi connectivity index (χ1v) is 7.21. The van der Waals surface area contributed by atoms with Crippen molar-refractivity contribution in [2.45, 2.75) is 13.5 Å². The minimum atomic E-state index is -0.386. The molecule has 0 saturated carbocycles. The lowest BCUT2D eigenvalue weighted by atomic mass is 10.00. The van der Waals surface area contributed by atoms with Gasteiger partial charge in [-0.2, -0.15) is 5.10 Å². The number of carbonyl (C=O) groups excluding carboxylic acids is 3. The first-order chi connectivity index (χ1) is 10.4. The summed E-state index contributed by atoms with van der Waals surface area (Å²) in [5, 5.41) is 6.95. The highest BCUT2D eigenvalue weighted by Crippen LogP contribution is 2.32. The fourth-order valence-corrected chi connectivity index (χ4v) is 3.08. The molecule has 2 aliphatic heterocycles. The fourth-order valence-electron chi connectivity index (χ4n) is 3.08. The van der Waals surface area contributed by atoms with Crippen molar-refractivity contribution in [3.8, 4) is 0 Å². The van der Waals surface area contributed by atoms with Crippen LogP contribution in [0.5, 0.6) is 0 Å². The Labute approximate surface area is 128 Å². The molecule has 3 rings (SSSR count). The van der Waals surface area contributed by atoms with Crippen LogP contribution >= 0.6 is 0 Å². The molecule has 2 atom stereocenters. The van der Waals surface area contributed by atoms with E-state index in [9.17, 15) is 14.4 Å². The molecular formula is C14H19N5O3. The van der Waals surface area contributed by atoms with Crippen molar-refractivity contribution in [1.82, 2.24) is 24.9 Å². The number of imide groups is 1. The van der Waals surface area contributed by atoms with Crippen LogP contribution in [0.25, 0.3) is 0 Å². The predicted octanol–water partition coefficient (Wildman–Crippen LogP) is -0.515. The third-order valence-electron chi connectivity index (χ3n) is 4.67. The highest BCUT2D eigenvalue weighted by atomic mass is 16.2. The van der Waals surface area contributed by atoms with Crippen LogP contribution in [0.2, 0.25) is 0 Å². The van der Waals surface area contributed by atoms with Crippen LogP contribution in [0, 0.1) is 18.8 Å². The molecule has 1 N–H and O–H groups in total. The average Bonchev–Trinajstić information content (AvgIpc) is 3.13. The van der Waals surface area contributed by atoms with Crippen molar-refractivity contribution in [1.29, 1.82) is 0 Å². The van der Waals surface area contributed by atoms with Gasteiger partial charge in [0.05, 0.1) is 18.0 Å². The highest BCUT2D eigenvalue weighted by molar-refractivity contribution is 6.06. The summed E-state index contributed by atoms with van der Waals surface area (Å²) in [4.78, 5) is 38.8. The normalized spacial score (nSPS) is 24.1. The molecule has 1 aromatic rings. The van der Waals surface area contributed by atoms with Crippen molar-refractivity contribution in [3.05, 3.63) is 17.5 Å². The molecule has 4 amide bonds. The number of likely N-dealkylation sites (tertiary alicyclic amines) is 2. The monoisotopic (exact) mass is 305 g/mol. The molecule has 2 saturated heterocycles. The van der Waals surface area contributed by atoms with Crippen LogP contribution in [0.4, 0.5) is 4.79 Å². The number of amides is 4. The standard InChI is InChI=1S/C14H19N5O3/c1-8-9(5-16-18(8)3)4-15-14(22)19-6-10-11(7-19)13(21)17(2)12(10)20/h5,10-11H,4,6-7H2,1-3H3,(H,15,22)/t10-,11+. The van der Waals surface area contributed by atoms with E-state index in [2.05, 4.69) is 10.4 Å². The first-order valence-electron chi connectivity index (χ1n) is 7.21. The van der Waals surface area contributed by atoms with Gasteiger partial charge in [0.2, 0.25) is 11.8 Å². The van der Waals surface area contributed by atoms with Crippen LogP contribution in [0.15, 0.2) is 6.20 Å². The SMILES string of the molecule is Cc1c(CNC(=O)N2C[C@@H]3C(=O)N(C)C(=O)[C@@H]3C2)cnn1C. The number of fused-ring (bicyclic) bond motifs is 1. The van der Waals surface area contributed by atoms with Crippen LogP contribution in [-0.2, 0) is 23.2 Å². The average molecular weight is 305 g/mol. The predicted molar refractivity (Wildman–Crippen MR) is 76.5 cm³/mol. The van der Waals surface area contributed by atoms with Gasteiger partial charge >= 0.3 is 6.03 Å². The number of carbonyl (C=O) groups is 3. The smallest absolute Gasteiger partial charge is 0.317 e. The number of rotatable bonds is 2.